The zero-order chi connectivity index (χ0) is 18.5. The highest BCUT2D eigenvalue weighted by Crippen LogP contribution is 2.30. The Kier molecular flexibility index (Phi) is 6.73. The van der Waals surface area contributed by atoms with Gasteiger partial charge in [-0.2, -0.15) is 0 Å². The molecule has 26 heavy (non-hydrogen) atoms. The first-order valence-corrected chi connectivity index (χ1v) is 10.2. The molecule has 1 saturated heterocycles. The van der Waals surface area contributed by atoms with Gasteiger partial charge in [-0.25, -0.2) is 4.99 Å². The van der Waals surface area contributed by atoms with Crippen molar-refractivity contribution in [2.75, 3.05) is 39.5 Å². The number of carbonyl (C=O) groups is 1. The van der Waals surface area contributed by atoms with Gasteiger partial charge in [-0.3, -0.25) is 9.69 Å². The largest absolute Gasteiger partial charge is 0.492 e. The van der Waals surface area contributed by atoms with Crippen LogP contribution in [0.5, 0.6) is 5.75 Å². The number of nitrogens with zero attached hydrogens (tertiary/aromatic N) is 2. The number of morpholine rings is 1. The fourth-order valence-corrected chi connectivity index (χ4v) is 4.25. The van der Waals surface area contributed by atoms with E-state index in [2.05, 4.69) is 42.8 Å². The minimum Gasteiger partial charge on any atom is -0.492 e. The van der Waals surface area contributed by atoms with Crippen LogP contribution >= 0.6 is 11.8 Å². The van der Waals surface area contributed by atoms with E-state index in [-0.39, 0.29) is 11.2 Å². The van der Waals surface area contributed by atoms with E-state index in [1.165, 1.54) is 11.1 Å². The maximum absolute atomic E-state index is 12.0. The van der Waals surface area contributed by atoms with E-state index < -0.39 is 0 Å². The van der Waals surface area contributed by atoms with E-state index in [0.29, 0.717) is 12.5 Å². The molecule has 1 unspecified atom stereocenters. The smallest absolute Gasteiger partial charge is 0.260 e. The second kappa shape index (κ2) is 9.02. The molecule has 2 aliphatic rings. The Hall–Kier alpha value is -1.37. The maximum atomic E-state index is 12.0. The van der Waals surface area contributed by atoms with Crippen molar-refractivity contribution in [1.82, 2.24) is 4.90 Å². The van der Waals surface area contributed by atoms with Crippen molar-refractivity contribution in [2.45, 2.75) is 32.4 Å². The molecule has 0 N–H and O–H groups in total. The summed E-state index contributed by atoms with van der Waals surface area (Å²) in [6.45, 7) is 11.4. The number of carbonyl (C=O) groups excluding carboxylic acids is 1. The summed E-state index contributed by atoms with van der Waals surface area (Å²) in [6, 6.07) is 6.19. The van der Waals surface area contributed by atoms with E-state index in [1.807, 2.05) is 6.07 Å². The lowest BCUT2D eigenvalue weighted by Gasteiger charge is -2.26. The van der Waals surface area contributed by atoms with Gasteiger partial charge in [0.1, 0.15) is 12.4 Å². The first kappa shape index (κ1) is 19.4. The van der Waals surface area contributed by atoms with Crippen molar-refractivity contribution >= 4 is 22.7 Å². The maximum Gasteiger partial charge on any atom is 0.260 e. The molecule has 0 radical (unpaired) electrons. The summed E-state index contributed by atoms with van der Waals surface area (Å²) in [5.41, 5.74) is 2.38. The second-order valence-electron chi connectivity index (χ2n) is 7.19. The zero-order valence-electron chi connectivity index (χ0n) is 15.9. The molecule has 1 aromatic rings. The number of benzene rings is 1. The normalized spacial score (nSPS) is 21.3. The van der Waals surface area contributed by atoms with Gasteiger partial charge in [0.25, 0.3) is 5.91 Å². The average molecular weight is 377 g/mol. The summed E-state index contributed by atoms with van der Waals surface area (Å²) in [7, 11) is 0. The molecule has 2 heterocycles. The van der Waals surface area contributed by atoms with Crippen molar-refractivity contribution in [1.29, 1.82) is 0 Å². The molecule has 1 aromatic carbocycles. The van der Waals surface area contributed by atoms with Crippen LogP contribution in [-0.4, -0.2) is 60.6 Å². The van der Waals surface area contributed by atoms with Crippen LogP contribution in [0, 0.1) is 12.8 Å². The Balaban J connectivity index is 1.51. The number of aliphatic imine (C=N–C) groups is 1. The highest BCUT2D eigenvalue weighted by molar-refractivity contribution is 8.15. The molecule has 2 aliphatic heterocycles. The van der Waals surface area contributed by atoms with Crippen LogP contribution < -0.4 is 4.74 Å². The molecule has 6 heteroatoms. The standard InChI is InChI=1S/C20H28N2O3S/c1-14(2)19-20(23)21-18(26-19)13-16-4-5-17(12-15(16)3)25-11-8-22-6-9-24-10-7-22/h4-5,12,14,19H,6-11,13H2,1-3H3. The molecule has 5 nitrogen and oxygen atoms in total. The first-order valence-electron chi connectivity index (χ1n) is 9.33. The van der Waals surface area contributed by atoms with E-state index in [0.717, 1.165) is 50.1 Å². The number of hydrogen-bond acceptors (Lipinski definition) is 5. The number of hydrogen-bond donors (Lipinski definition) is 0. The van der Waals surface area contributed by atoms with Crippen LogP contribution in [0.3, 0.4) is 0 Å². The number of ether oxygens (including phenoxy) is 2. The monoisotopic (exact) mass is 376 g/mol. The van der Waals surface area contributed by atoms with Crippen molar-refractivity contribution in [3.05, 3.63) is 29.3 Å². The van der Waals surface area contributed by atoms with Gasteiger partial charge in [-0.15, -0.1) is 0 Å². The van der Waals surface area contributed by atoms with Crippen LogP contribution in [0.1, 0.15) is 25.0 Å². The molecule has 1 atom stereocenters. The third-order valence-electron chi connectivity index (χ3n) is 4.78. The van der Waals surface area contributed by atoms with Gasteiger partial charge in [-0.1, -0.05) is 31.7 Å². The first-order chi connectivity index (χ1) is 12.5. The fourth-order valence-electron chi connectivity index (χ4n) is 3.15. The summed E-state index contributed by atoms with van der Waals surface area (Å²) in [5, 5.41) is 0.908. The van der Waals surface area contributed by atoms with E-state index in [1.54, 1.807) is 11.8 Å². The number of amides is 1. The van der Waals surface area contributed by atoms with Crippen LogP contribution in [0.15, 0.2) is 23.2 Å². The summed E-state index contributed by atoms with van der Waals surface area (Å²) < 4.78 is 11.3. The van der Waals surface area contributed by atoms with E-state index in [9.17, 15) is 4.79 Å². The van der Waals surface area contributed by atoms with Crippen LogP contribution in [-0.2, 0) is 16.0 Å². The lowest BCUT2D eigenvalue weighted by Crippen LogP contribution is -2.38. The summed E-state index contributed by atoms with van der Waals surface area (Å²) >= 11 is 1.62. The number of rotatable bonds is 7. The average Bonchev–Trinajstić information content (AvgIpc) is 2.99. The van der Waals surface area contributed by atoms with Gasteiger partial charge >= 0.3 is 0 Å². The minimum atomic E-state index is -0.0203. The summed E-state index contributed by atoms with van der Waals surface area (Å²) in [6.07, 6.45) is 0.722. The minimum absolute atomic E-state index is 0.0146. The van der Waals surface area contributed by atoms with Crippen molar-refractivity contribution in [2.24, 2.45) is 10.9 Å². The zero-order valence-corrected chi connectivity index (χ0v) is 16.7. The fraction of sp³-hybridized carbons (Fsp3) is 0.600. The highest BCUT2D eigenvalue weighted by atomic mass is 32.2. The second-order valence-corrected chi connectivity index (χ2v) is 8.41. The molecular formula is C20H28N2O3S. The molecule has 1 amide bonds. The molecule has 1 fully saturated rings. The molecular weight excluding hydrogens is 348 g/mol. The molecule has 0 bridgehead atoms. The molecule has 0 saturated carbocycles. The predicted octanol–water partition coefficient (Wildman–Crippen LogP) is 2.95. The van der Waals surface area contributed by atoms with Crippen molar-refractivity contribution in [3.63, 3.8) is 0 Å². The third kappa shape index (κ3) is 5.09. The molecule has 0 aliphatic carbocycles. The van der Waals surface area contributed by atoms with E-state index >= 15 is 0 Å². The predicted molar refractivity (Wildman–Crippen MR) is 106 cm³/mol. The Morgan fingerprint density at radius 2 is 2.12 bits per heavy atom. The third-order valence-corrected chi connectivity index (χ3v) is 6.29. The Morgan fingerprint density at radius 3 is 2.77 bits per heavy atom. The number of aryl methyl sites for hydroxylation is 1. The molecule has 0 spiro atoms. The molecule has 0 aromatic heterocycles. The van der Waals surface area contributed by atoms with Gasteiger partial charge in [0.15, 0.2) is 0 Å². The molecule has 142 valence electrons. The Labute approximate surface area is 160 Å². The number of thioether (sulfide) groups is 1. The van der Waals surface area contributed by atoms with Crippen LogP contribution in [0.2, 0.25) is 0 Å². The van der Waals surface area contributed by atoms with Crippen molar-refractivity contribution < 1.29 is 14.3 Å². The highest BCUT2D eigenvalue weighted by Gasteiger charge is 2.30. The van der Waals surface area contributed by atoms with E-state index in [4.69, 9.17) is 9.47 Å². The topological polar surface area (TPSA) is 51.1 Å². The van der Waals surface area contributed by atoms with Crippen molar-refractivity contribution in [3.8, 4) is 5.75 Å². The van der Waals surface area contributed by atoms with Gasteiger partial charge in [0, 0.05) is 26.1 Å². The molecule has 3 rings (SSSR count). The Bertz CT molecular complexity index is 669. The van der Waals surface area contributed by atoms with Crippen LogP contribution in [0.25, 0.3) is 0 Å². The van der Waals surface area contributed by atoms with Gasteiger partial charge in [0.05, 0.1) is 23.5 Å². The summed E-state index contributed by atoms with van der Waals surface area (Å²) in [5.74, 6) is 1.23. The summed E-state index contributed by atoms with van der Waals surface area (Å²) in [4.78, 5) is 18.6. The lowest BCUT2D eigenvalue weighted by molar-refractivity contribution is -0.117. The quantitative estimate of drug-likeness (QED) is 0.732. The van der Waals surface area contributed by atoms with Gasteiger partial charge in [0.2, 0.25) is 0 Å². The lowest BCUT2D eigenvalue weighted by atomic mass is 10.1. The van der Waals surface area contributed by atoms with Gasteiger partial charge < -0.3 is 9.47 Å². The van der Waals surface area contributed by atoms with Gasteiger partial charge in [-0.05, 0) is 36.1 Å². The SMILES string of the molecule is Cc1cc(OCCN2CCOCC2)ccc1CC1=NC(=O)C(C(C)C)S1. The van der Waals surface area contributed by atoms with Crippen LogP contribution in [0.4, 0.5) is 0 Å². The Morgan fingerprint density at radius 1 is 1.35 bits per heavy atom.